The molecule has 1 fully saturated rings. The lowest BCUT2D eigenvalue weighted by molar-refractivity contribution is 0.573. The van der Waals surface area contributed by atoms with E-state index < -0.39 is 10.0 Å². The number of rotatable bonds is 5. The summed E-state index contributed by atoms with van der Waals surface area (Å²) < 4.78 is 26.8. The molecule has 0 heterocycles. The van der Waals surface area contributed by atoms with Gasteiger partial charge in [0.25, 0.3) is 0 Å². The zero-order valence-electron chi connectivity index (χ0n) is 9.89. The molecule has 2 atom stereocenters. The van der Waals surface area contributed by atoms with E-state index in [4.69, 9.17) is 5.73 Å². The van der Waals surface area contributed by atoms with E-state index >= 15 is 0 Å². The number of hydrogen-bond donors (Lipinski definition) is 2. The quantitative estimate of drug-likeness (QED) is 0.826. The minimum Gasteiger partial charge on any atom is -0.326 e. The Morgan fingerprint density at radius 3 is 2.65 bits per heavy atom. The van der Waals surface area contributed by atoms with Crippen molar-refractivity contribution in [2.75, 3.05) is 6.54 Å². The molecule has 1 saturated carbocycles. The average molecular weight is 254 g/mol. The first-order valence-electron chi connectivity index (χ1n) is 5.82. The van der Waals surface area contributed by atoms with Gasteiger partial charge in [-0.15, -0.1) is 0 Å². The topological polar surface area (TPSA) is 72.2 Å². The molecule has 94 valence electrons. The number of benzene rings is 1. The lowest BCUT2D eigenvalue weighted by atomic mass is 10.2. The number of hydrogen-bond acceptors (Lipinski definition) is 3. The first-order chi connectivity index (χ1) is 8.04. The van der Waals surface area contributed by atoms with Gasteiger partial charge in [-0.1, -0.05) is 25.1 Å². The summed E-state index contributed by atoms with van der Waals surface area (Å²) >= 11 is 0. The van der Waals surface area contributed by atoms with Crippen molar-refractivity contribution in [2.45, 2.75) is 24.8 Å². The molecule has 0 saturated heterocycles. The summed E-state index contributed by atoms with van der Waals surface area (Å²) in [6, 6.07) is 6.85. The van der Waals surface area contributed by atoms with Crippen molar-refractivity contribution in [3.8, 4) is 0 Å². The van der Waals surface area contributed by atoms with Crippen LogP contribution in [-0.4, -0.2) is 15.0 Å². The van der Waals surface area contributed by atoms with Gasteiger partial charge >= 0.3 is 0 Å². The molecule has 17 heavy (non-hydrogen) atoms. The zero-order chi connectivity index (χ0) is 12.5. The summed E-state index contributed by atoms with van der Waals surface area (Å²) in [5.74, 6) is 1.14. The summed E-state index contributed by atoms with van der Waals surface area (Å²) in [7, 11) is -3.41. The number of sulfonamides is 1. The van der Waals surface area contributed by atoms with Crippen molar-refractivity contribution >= 4 is 10.0 Å². The van der Waals surface area contributed by atoms with Crippen LogP contribution in [0.2, 0.25) is 0 Å². The van der Waals surface area contributed by atoms with E-state index in [0.29, 0.717) is 28.8 Å². The van der Waals surface area contributed by atoms with Crippen LogP contribution in [-0.2, 0) is 16.6 Å². The predicted molar refractivity (Wildman–Crippen MR) is 66.8 cm³/mol. The Labute approximate surface area is 102 Å². The fourth-order valence-corrected chi connectivity index (χ4v) is 3.26. The summed E-state index contributed by atoms with van der Waals surface area (Å²) in [4.78, 5) is 0.302. The van der Waals surface area contributed by atoms with Crippen LogP contribution in [0.4, 0.5) is 0 Å². The van der Waals surface area contributed by atoms with Crippen LogP contribution in [0.15, 0.2) is 29.2 Å². The van der Waals surface area contributed by atoms with Gasteiger partial charge in [0, 0.05) is 13.1 Å². The molecule has 1 aromatic carbocycles. The van der Waals surface area contributed by atoms with Crippen LogP contribution in [0.5, 0.6) is 0 Å². The first-order valence-corrected chi connectivity index (χ1v) is 7.30. The Morgan fingerprint density at radius 1 is 1.41 bits per heavy atom. The van der Waals surface area contributed by atoms with Crippen molar-refractivity contribution < 1.29 is 8.42 Å². The van der Waals surface area contributed by atoms with Crippen molar-refractivity contribution in [3.05, 3.63) is 29.8 Å². The molecule has 0 aliphatic heterocycles. The number of nitrogens with two attached hydrogens (primary N) is 1. The lowest BCUT2D eigenvalue weighted by Gasteiger charge is -2.09. The monoisotopic (exact) mass is 254 g/mol. The summed E-state index contributed by atoms with van der Waals surface area (Å²) in [5.41, 5.74) is 6.20. The van der Waals surface area contributed by atoms with Crippen LogP contribution in [0.3, 0.4) is 0 Å². The fraction of sp³-hybridized carbons (Fsp3) is 0.500. The summed E-state index contributed by atoms with van der Waals surface area (Å²) in [6.45, 7) is 2.89. The molecule has 3 N–H and O–H groups in total. The molecule has 2 rings (SSSR count). The Morgan fingerprint density at radius 2 is 2.06 bits per heavy atom. The summed E-state index contributed by atoms with van der Waals surface area (Å²) in [5, 5.41) is 0. The molecule has 2 unspecified atom stereocenters. The van der Waals surface area contributed by atoms with E-state index in [1.54, 1.807) is 24.3 Å². The second-order valence-corrected chi connectivity index (χ2v) is 6.37. The molecule has 0 aromatic heterocycles. The van der Waals surface area contributed by atoms with Crippen molar-refractivity contribution in [1.29, 1.82) is 0 Å². The van der Waals surface area contributed by atoms with Gasteiger partial charge in [-0.3, -0.25) is 0 Å². The molecule has 4 nitrogen and oxygen atoms in total. The van der Waals surface area contributed by atoms with Gasteiger partial charge in [0.05, 0.1) is 4.90 Å². The maximum Gasteiger partial charge on any atom is 0.240 e. The molecule has 1 aliphatic carbocycles. The fourth-order valence-electron chi connectivity index (χ4n) is 1.91. The first kappa shape index (κ1) is 12.5. The van der Waals surface area contributed by atoms with Gasteiger partial charge in [0.2, 0.25) is 10.0 Å². The van der Waals surface area contributed by atoms with Gasteiger partial charge in [-0.25, -0.2) is 13.1 Å². The molecular weight excluding hydrogens is 236 g/mol. The molecule has 0 bridgehead atoms. The van der Waals surface area contributed by atoms with Gasteiger partial charge in [0.1, 0.15) is 0 Å². The third kappa shape index (κ3) is 2.86. The van der Waals surface area contributed by atoms with Crippen LogP contribution < -0.4 is 10.5 Å². The van der Waals surface area contributed by atoms with E-state index in [9.17, 15) is 8.42 Å². The maximum atomic E-state index is 12.1. The average Bonchev–Trinajstić information content (AvgIpc) is 3.03. The second kappa shape index (κ2) is 4.76. The standard InChI is InChI=1S/C12H18N2O2S/c1-9-6-11(9)8-14-17(15,16)12-5-3-2-4-10(12)7-13/h2-5,9,11,14H,6-8,13H2,1H3. The largest absolute Gasteiger partial charge is 0.326 e. The minimum absolute atomic E-state index is 0.233. The van der Waals surface area contributed by atoms with E-state index in [1.165, 1.54) is 0 Å². The van der Waals surface area contributed by atoms with Crippen LogP contribution in [0.1, 0.15) is 18.9 Å². The predicted octanol–water partition coefficient (Wildman–Crippen LogP) is 1.08. The van der Waals surface area contributed by atoms with Gasteiger partial charge in [-0.2, -0.15) is 0 Å². The van der Waals surface area contributed by atoms with Crippen molar-refractivity contribution in [3.63, 3.8) is 0 Å². The van der Waals surface area contributed by atoms with E-state index in [2.05, 4.69) is 11.6 Å². The number of nitrogens with one attached hydrogen (secondary N) is 1. The third-order valence-electron chi connectivity index (χ3n) is 3.29. The Balaban J connectivity index is 2.13. The van der Waals surface area contributed by atoms with E-state index in [-0.39, 0.29) is 6.54 Å². The third-order valence-corrected chi connectivity index (χ3v) is 4.82. The van der Waals surface area contributed by atoms with Crippen LogP contribution in [0, 0.1) is 11.8 Å². The van der Waals surface area contributed by atoms with E-state index in [0.717, 1.165) is 6.42 Å². The van der Waals surface area contributed by atoms with Gasteiger partial charge in [0.15, 0.2) is 0 Å². The van der Waals surface area contributed by atoms with Crippen molar-refractivity contribution in [1.82, 2.24) is 4.72 Å². The molecule has 1 aromatic rings. The molecule has 1 aliphatic rings. The van der Waals surface area contributed by atoms with Crippen LogP contribution >= 0.6 is 0 Å². The van der Waals surface area contributed by atoms with Gasteiger partial charge < -0.3 is 5.73 Å². The maximum absolute atomic E-state index is 12.1. The Bertz CT molecular complexity index is 499. The molecule has 0 spiro atoms. The molecular formula is C12H18N2O2S. The normalized spacial score (nSPS) is 23.6. The molecule has 5 heteroatoms. The lowest BCUT2D eigenvalue weighted by Crippen LogP contribution is -2.27. The Hall–Kier alpha value is -0.910. The molecule has 0 amide bonds. The highest BCUT2D eigenvalue weighted by Crippen LogP contribution is 2.37. The highest BCUT2D eigenvalue weighted by Gasteiger charge is 2.33. The van der Waals surface area contributed by atoms with Crippen molar-refractivity contribution in [2.24, 2.45) is 17.6 Å². The van der Waals surface area contributed by atoms with Gasteiger partial charge in [-0.05, 0) is 29.9 Å². The zero-order valence-corrected chi connectivity index (χ0v) is 10.7. The highest BCUT2D eigenvalue weighted by molar-refractivity contribution is 7.89. The SMILES string of the molecule is CC1CC1CNS(=O)(=O)c1ccccc1CN. The highest BCUT2D eigenvalue weighted by atomic mass is 32.2. The smallest absolute Gasteiger partial charge is 0.240 e. The Kier molecular flexibility index (Phi) is 3.51. The molecule has 0 radical (unpaired) electrons. The minimum atomic E-state index is -3.41. The summed E-state index contributed by atoms with van der Waals surface area (Å²) in [6.07, 6.45) is 1.11. The van der Waals surface area contributed by atoms with E-state index in [1.807, 2.05) is 0 Å². The second-order valence-electron chi connectivity index (χ2n) is 4.64. The van der Waals surface area contributed by atoms with Crippen LogP contribution in [0.25, 0.3) is 0 Å².